The summed E-state index contributed by atoms with van der Waals surface area (Å²) < 4.78 is 16.3. The summed E-state index contributed by atoms with van der Waals surface area (Å²) in [6, 6.07) is 1.50. The van der Waals surface area contributed by atoms with E-state index >= 15 is 0 Å². The first-order chi connectivity index (χ1) is 18.1. The first-order valence-corrected chi connectivity index (χ1v) is 13.0. The Morgan fingerprint density at radius 3 is 2.74 bits per heavy atom. The third-order valence-electron chi connectivity index (χ3n) is 7.71. The monoisotopic (exact) mass is 525 g/mol. The molecular formula is C25H32FN9O3. The first-order valence-electron chi connectivity index (χ1n) is 13.0. The molecule has 6 rings (SSSR count). The molecule has 38 heavy (non-hydrogen) atoms. The van der Waals surface area contributed by atoms with Gasteiger partial charge in [0.15, 0.2) is 5.82 Å². The Kier molecular flexibility index (Phi) is 5.69. The topological polar surface area (TPSA) is 144 Å². The van der Waals surface area contributed by atoms with Gasteiger partial charge < -0.3 is 25.5 Å². The molecule has 0 radical (unpaired) electrons. The standard InChI is InChI=1S/C25H32FN9O3/c1-24(2,26)14-35-19-9-17(27-10-16(19)21(32-35)33-12-15(13-33)29-23(37)38)20-18(11-28-31-20)30-22(36)34-8-4-3-5-25(34)6-7-25/h9-11,15,29H,3-8,12-14H2,1-2H3,(H,28,31)(H,30,36)(H,37,38). The van der Waals surface area contributed by atoms with Crippen molar-refractivity contribution in [2.45, 2.75) is 69.7 Å². The van der Waals surface area contributed by atoms with Gasteiger partial charge in [-0.05, 0) is 52.0 Å². The molecule has 12 nitrogen and oxygen atoms in total. The second-order valence-corrected chi connectivity index (χ2v) is 11.3. The van der Waals surface area contributed by atoms with E-state index in [0.29, 0.717) is 41.5 Å². The molecule has 0 atom stereocenters. The molecule has 1 spiro atoms. The van der Waals surface area contributed by atoms with E-state index in [2.05, 4.69) is 30.9 Å². The van der Waals surface area contributed by atoms with Crippen molar-refractivity contribution < 1.29 is 19.1 Å². The third kappa shape index (κ3) is 4.50. The molecule has 3 fully saturated rings. The van der Waals surface area contributed by atoms with Gasteiger partial charge in [0.2, 0.25) is 0 Å². The number of anilines is 2. The Bertz CT molecular complexity index is 1380. The maximum Gasteiger partial charge on any atom is 0.405 e. The van der Waals surface area contributed by atoms with Crippen molar-refractivity contribution in [3.05, 3.63) is 18.5 Å². The van der Waals surface area contributed by atoms with Gasteiger partial charge >= 0.3 is 12.1 Å². The summed E-state index contributed by atoms with van der Waals surface area (Å²) in [6.45, 7) is 4.70. The molecule has 3 amide bonds. The smallest absolute Gasteiger partial charge is 0.405 e. The van der Waals surface area contributed by atoms with E-state index in [1.54, 1.807) is 17.1 Å². The zero-order chi connectivity index (χ0) is 26.7. The van der Waals surface area contributed by atoms with Gasteiger partial charge in [-0.25, -0.2) is 14.0 Å². The number of hydrogen-bond donors (Lipinski definition) is 4. The SMILES string of the molecule is CC(C)(F)Cn1nc(N2CC(NC(=O)O)C2)c2cnc(-c3[nH]ncc3NC(=O)N3CCCCC34CC4)cc21. The van der Waals surface area contributed by atoms with Crippen molar-refractivity contribution in [1.29, 1.82) is 0 Å². The fourth-order valence-electron chi connectivity index (χ4n) is 5.65. The highest BCUT2D eigenvalue weighted by atomic mass is 19.1. The van der Waals surface area contributed by atoms with Crippen molar-refractivity contribution in [1.82, 2.24) is 35.2 Å². The molecule has 0 aromatic carbocycles. The summed E-state index contributed by atoms with van der Waals surface area (Å²) in [5, 5.41) is 27.0. The van der Waals surface area contributed by atoms with Crippen LogP contribution in [0.25, 0.3) is 22.3 Å². The van der Waals surface area contributed by atoms with Crippen LogP contribution in [0.5, 0.6) is 0 Å². The van der Waals surface area contributed by atoms with Gasteiger partial charge in [-0.1, -0.05) is 0 Å². The van der Waals surface area contributed by atoms with E-state index in [1.807, 2.05) is 15.9 Å². The molecule has 0 unspecified atom stereocenters. The molecule has 2 saturated heterocycles. The molecule has 2 aliphatic heterocycles. The van der Waals surface area contributed by atoms with Crippen LogP contribution in [0.4, 0.5) is 25.5 Å². The molecule has 13 heteroatoms. The number of aromatic amines is 1. The van der Waals surface area contributed by atoms with Crippen molar-refractivity contribution in [3.8, 4) is 11.4 Å². The Balaban J connectivity index is 1.29. The van der Waals surface area contributed by atoms with Crippen molar-refractivity contribution in [3.63, 3.8) is 0 Å². The lowest BCUT2D eigenvalue weighted by atomic mass is 10.0. The van der Waals surface area contributed by atoms with Gasteiger partial charge in [0.05, 0.1) is 41.1 Å². The molecule has 1 aliphatic carbocycles. The third-order valence-corrected chi connectivity index (χ3v) is 7.71. The fraction of sp³-hybridized carbons (Fsp3) is 0.560. The minimum absolute atomic E-state index is 0.0152. The van der Waals surface area contributed by atoms with Gasteiger partial charge in [0.1, 0.15) is 11.4 Å². The van der Waals surface area contributed by atoms with Crippen LogP contribution in [0.3, 0.4) is 0 Å². The van der Waals surface area contributed by atoms with E-state index in [1.165, 1.54) is 13.8 Å². The quantitative estimate of drug-likeness (QED) is 0.385. The molecule has 3 aromatic rings. The largest absolute Gasteiger partial charge is 0.465 e. The average Bonchev–Trinajstić information content (AvgIpc) is 3.28. The number of fused-ring (bicyclic) bond motifs is 1. The highest BCUT2D eigenvalue weighted by molar-refractivity contribution is 5.96. The molecule has 0 bridgehead atoms. The predicted molar refractivity (Wildman–Crippen MR) is 139 cm³/mol. The molecule has 4 N–H and O–H groups in total. The number of carbonyl (C=O) groups excluding carboxylic acids is 1. The number of halogens is 1. The Labute approximate surface area is 218 Å². The van der Waals surface area contributed by atoms with Gasteiger partial charge in [0, 0.05) is 31.4 Å². The van der Waals surface area contributed by atoms with E-state index < -0.39 is 11.8 Å². The summed E-state index contributed by atoms with van der Waals surface area (Å²) in [5.74, 6) is 0.629. The van der Waals surface area contributed by atoms with Crippen LogP contribution in [-0.4, -0.2) is 84.0 Å². The highest BCUT2D eigenvalue weighted by Gasteiger charge is 2.51. The summed E-state index contributed by atoms with van der Waals surface area (Å²) >= 11 is 0. The normalized spacial score (nSPS) is 19.0. The number of carboxylic acid groups (broad SMARTS) is 1. The van der Waals surface area contributed by atoms with Gasteiger partial charge in [0.25, 0.3) is 0 Å². The van der Waals surface area contributed by atoms with Crippen LogP contribution < -0.4 is 15.5 Å². The van der Waals surface area contributed by atoms with Crippen LogP contribution >= 0.6 is 0 Å². The van der Waals surface area contributed by atoms with Crippen molar-refractivity contribution >= 4 is 34.5 Å². The number of amides is 3. The maximum absolute atomic E-state index is 14.7. The zero-order valence-corrected chi connectivity index (χ0v) is 21.5. The lowest BCUT2D eigenvalue weighted by molar-refractivity contribution is 0.151. The fourth-order valence-corrected chi connectivity index (χ4v) is 5.65. The van der Waals surface area contributed by atoms with Gasteiger partial charge in [-0.15, -0.1) is 0 Å². The summed E-state index contributed by atoms with van der Waals surface area (Å²) in [4.78, 5) is 32.7. The Morgan fingerprint density at radius 2 is 2.03 bits per heavy atom. The van der Waals surface area contributed by atoms with Gasteiger partial charge in [-0.2, -0.15) is 10.2 Å². The number of hydrogen-bond acceptors (Lipinski definition) is 6. The molecule has 1 saturated carbocycles. The lowest BCUT2D eigenvalue weighted by Crippen LogP contribution is -2.59. The van der Waals surface area contributed by atoms with Crippen molar-refractivity contribution in [2.24, 2.45) is 0 Å². The van der Waals surface area contributed by atoms with Crippen LogP contribution in [0, 0.1) is 0 Å². The van der Waals surface area contributed by atoms with Gasteiger partial charge in [-0.3, -0.25) is 14.8 Å². The number of carbonyl (C=O) groups is 2. The molecule has 3 aromatic heterocycles. The van der Waals surface area contributed by atoms with Crippen LogP contribution in [0.15, 0.2) is 18.5 Å². The Hall–Kier alpha value is -3.90. The highest BCUT2D eigenvalue weighted by Crippen LogP contribution is 2.48. The first kappa shape index (κ1) is 24.4. The minimum atomic E-state index is -1.51. The number of likely N-dealkylation sites (tertiary alicyclic amines) is 1. The van der Waals surface area contributed by atoms with E-state index in [-0.39, 0.29) is 24.2 Å². The van der Waals surface area contributed by atoms with Crippen LogP contribution in [0.1, 0.15) is 46.0 Å². The average molecular weight is 526 g/mol. The minimum Gasteiger partial charge on any atom is -0.465 e. The second-order valence-electron chi connectivity index (χ2n) is 11.3. The molecule has 202 valence electrons. The number of aromatic nitrogens is 5. The number of nitrogens with one attached hydrogen (secondary N) is 3. The lowest BCUT2D eigenvalue weighted by Gasteiger charge is -2.39. The second kappa shape index (κ2) is 8.84. The Morgan fingerprint density at radius 1 is 1.24 bits per heavy atom. The number of pyridine rings is 1. The molecule has 3 aliphatic rings. The number of H-pyrrole nitrogens is 1. The summed E-state index contributed by atoms with van der Waals surface area (Å²) in [7, 11) is 0. The number of nitrogens with zero attached hydrogens (tertiary/aromatic N) is 6. The molecular weight excluding hydrogens is 493 g/mol. The van der Waals surface area contributed by atoms with E-state index in [9.17, 15) is 14.0 Å². The van der Waals surface area contributed by atoms with Crippen molar-refractivity contribution in [2.75, 3.05) is 29.9 Å². The number of piperidine rings is 1. The molecule has 5 heterocycles. The summed E-state index contributed by atoms with van der Waals surface area (Å²) in [6.07, 6.45) is 7.52. The van der Waals surface area contributed by atoms with Crippen LogP contribution in [0.2, 0.25) is 0 Å². The van der Waals surface area contributed by atoms with Crippen LogP contribution in [-0.2, 0) is 6.54 Å². The summed E-state index contributed by atoms with van der Waals surface area (Å²) in [5.41, 5.74) is 0.828. The number of alkyl halides is 1. The maximum atomic E-state index is 14.7. The number of rotatable bonds is 6. The van der Waals surface area contributed by atoms with E-state index in [4.69, 9.17) is 5.11 Å². The van der Waals surface area contributed by atoms with E-state index in [0.717, 1.165) is 44.0 Å². The predicted octanol–water partition coefficient (Wildman–Crippen LogP) is 3.58. The number of urea groups is 1. The zero-order valence-electron chi connectivity index (χ0n) is 21.5.